The predicted octanol–water partition coefficient (Wildman–Crippen LogP) is 2.23. The molecule has 0 aromatic rings. The van der Waals surface area contributed by atoms with Crippen LogP contribution in [-0.4, -0.2) is 60.4 Å². The average Bonchev–Trinajstić information content (AvgIpc) is 2.55. The zero-order valence-corrected chi connectivity index (χ0v) is 15.0. The molecule has 0 aromatic heterocycles. The van der Waals surface area contributed by atoms with Crippen molar-refractivity contribution in [3.63, 3.8) is 0 Å². The SMILES string of the molecule is CCCCCCCCCCOCC(O)CNC(CCO)CCO. The van der Waals surface area contributed by atoms with E-state index < -0.39 is 6.10 Å². The second-order valence-electron chi connectivity index (χ2n) is 6.33. The van der Waals surface area contributed by atoms with E-state index in [0.29, 0.717) is 32.6 Å². The lowest BCUT2D eigenvalue weighted by Gasteiger charge is -2.19. The molecule has 0 spiro atoms. The fourth-order valence-electron chi connectivity index (χ4n) is 2.58. The van der Waals surface area contributed by atoms with Crippen LogP contribution in [0.25, 0.3) is 0 Å². The van der Waals surface area contributed by atoms with Crippen LogP contribution in [0.4, 0.5) is 0 Å². The topological polar surface area (TPSA) is 82.0 Å². The minimum absolute atomic E-state index is 0.0485. The van der Waals surface area contributed by atoms with Crippen molar-refractivity contribution in [2.24, 2.45) is 0 Å². The Morgan fingerprint density at radius 1 is 0.870 bits per heavy atom. The fraction of sp³-hybridized carbons (Fsp3) is 1.00. The Bertz CT molecular complexity index is 223. The van der Waals surface area contributed by atoms with Gasteiger partial charge in [0.05, 0.1) is 12.7 Å². The number of unbranched alkanes of at least 4 members (excludes halogenated alkanes) is 7. The van der Waals surface area contributed by atoms with Gasteiger partial charge in [0.25, 0.3) is 0 Å². The summed E-state index contributed by atoms with van der Waals surface area (Å²) in [6, 6.07) is 0.0485. The molecule has 0 aliphatic heterocycles. The van der Waals surface area contributed by atoms with Crippen molar-refractivity contribution in [2.45, 2.75) is 83.3 Å². The minimum Gasteiger partial charge on any atom is -0.396 e. The number of aliphatic hydroxyl groups excluding tert-OH is 3. The van der Waals surface area contributed by atoms with Crippen LogP contribution in [0.3, 0.4) is 0 Å². The van der Waals surface area contributed by atoms with Gasteiger partial charge in [-0.15, -0.1) is 0 Å². The summed E-state index contributed by atoms with van der Waals surface area (Å²) in [4.78, 5) is 0. The molecule has 23 heavy (non-hydrogen) atoms. The highest BCUT2D eigenvalue weighted by Gasteiger charge is 2.10. The van der Waals surface area contributed by atoms with Gasteiger partial charge in [0.2, 0.25) is 0 Å². The van der Waals surface area contributed by atoms with E-state index in [1.165, 1.54) is 44.9 Å². The molecule has 1 unspecified atom stereocenters. The largest absolute Gasteiger partial charge is 0.396 e. The summed E-state index contributed by atoms with van der Waals surface area (Å²) in [6.45, 7) is 3.89. The lowest BCUT2D eigenvalue weighted by molar-refractivity contribution is 0.0332. The van der Waals surface area contributed by atoms with Crippen LogP contribution < -0.4 is 5.32 Å². The van der Waals surface area contributed by atoms with E-state index in [9.17, 15) is 5.11 Å². The fourth-order valence-corrected chi connectivity index (χ4v) is 2.58. The van der Waals surface area contributed by atoms with E-state index in [1.54, 1.807) is 0 Å². The summed E-state index contributed by atoms with van der Waals surface area (Å²) in [6.07, 6.45) is 10.9. The first-order valence-corrected chi connectivity index (χ1v) is 9.45. The highest BCUT2D eigenvalue weighted by atomic mass is 16.5. The van der Waals surface area contributed by atoms with Crippen LogP contribution in [0, 0.1) is 0 Å². The smallest absolute Gasteiger partial charge is 0.0897 e. The highest BCUT2D eigenvalue weighted by Crippen LogP contribution is 2.08. The summed E-state index contributed by atoms with van der Waals surface area (Å²) < 4.78 is 5.50. The van der Waals surface area contributed by atoms with Crippen LogP contribution in [0.1, 0.15) is 71.1 Å². The molecule has 0 heterocycles. The van der Waals surface area contributed by atoms with Gasteiger partial charge in [0, 0.05) is 32.4 Å². The standard InChI is InChI=1S/C18H39NO4/c1-2-3-4-5-6-7-8-9-14-23-16-18(22)15-19-17(10-12-20)11-13-21/h17-22H,2-16H2,1H3. The second kappa shape index (κ2) is 18.1. The van der Waals surface area contributed by atoms with Crippen molar-refractivity contribution < 1.29 is 20.1 Å². The molecular formula is C18H39NO4. The van der Waals surface area contributed by atoms with E-state index in [-0.39, 0.29) is 19.3 Å². The monoisotopic (exact) mass is 333 g/mol. The van der Waals surface area contributed by atoms with Crippen LogP contribution in [-0.2, 0) is 4.74 Å². The highest BCUT2D eigenvalue weighted by molar-refractivity contribution is 4.69. The van der Waals surface area contributed by atoms with Crippen LogP contribution >= 0.6 is 0 Å². The third kappa shape index (κ3) is 16.4. The second-order valence-corrected chi connectivity index (χ2v) is 6.33. The summed E-state index contributed by atoms with van der Waals surface area (Å²) >= 11 is 0. The molecule has 0 saturated heterocycles. The van der Waals surface area contributed by atoms with E-state index in [4.69, 9.17) is 14.9 Å². The first-order chi connectivity index (χ1) is 11.2. The first-order valence-electron chi connectivity index (χ1n) is 9.45. The van der Waals surface area contributed by atoms with E-state index in [1.807, 2.05) is 0 Å². The van der Waals surface area contributed by atoms with Gasteiger partial charge < -0.3 is 25.4 Å². The Hall–Kier alpha value is -0.200. The quantitative estimate of drug-likeness (QED) is 0.289. The average molecular weight is 334 g/mol. The van der Waals surface area contributed by atoms with Crippen molar-refractivity contribution in [2.75, 3.05) is 33.0 Å². The Morgan fingerprint density at radius 3 is 2.00 bits per heavy atom. The molecule has 140 valence electrons. The molecule has 0 bridgehead atoms. The van der Waals surface area contributed by atoms with Gasteiger partial charge in [0.15, 0.2) is 0 Å². The minimum atomic E-state index is -0.538. The molecule has 1 atom stereocenters. The third-order valence-electron chi connectivity index (χ3n) is 4.05. The number of hydrogen-bond acceptors (Lipinski definition) is 5. The van der Waals surface area contributed by atoms with Crippen LogP contribution in [0.5, 0.6) is 0 Å². The van der Waals surface area contributed by atoms with Crippen molar-refractivity contribution in [1.82, 2.24) is 5.32 Å². The van der Waals surface area contributed by atoms with Crippen molar-refractivity contribution >= 4 is 0 Å². The molecule has 0 aliphatic rings. The molecule has 5 nitrogen and oxygen atoms in total. The maximum absolute atomic E-state index is 9.85. The lowest BCUT2D eigenvalue weighted by Crippen LogP contribution is -2.38. The van der Waals surface area contributed by atoms with Gasteiger partial charge in [0.1, 0.15) is 0 Å². The number of aliphatic hydroxyl groups is 3. The van der Waals surface area contributed by atoms with Crippen molar-refractivity contribution in [3.8, 4) is 0 Å². The predicted molar refractivity (Wildman–Crippen MR) is 94.6 cm³/mol. The van der Waals surface area contributed by atoms with Gasteiger partial charge >= 0.3 is 0 Å². The Balaban J connectivity index is 3.37. The number of hydrogen-bond donors (Lipinski definition) is 4. The van der Waals surface area contributed by atoms with E-state index >= 15 is 0 Å². The lowest BCUT2D eigenvalue weighted by atomic mass is 10.1. The zero-order chi connectivity index (χ0) is 17.2. The molecule has 0 aromatic carbocycles. The molecule has 0 radical (unpaired) electrons. The summed E-state index contributed by atoms with van der Waals surface area (Å²) in [7, 11) is 0. The maximum atomic E-state index is 9.85. The summed E-state index contributed by atoms with van der Waals surface area (Å²) in [5.74, 6) is 0. The molecular weight excluding hydrogens is 294 g/mol. The third-order valence-corrected chi connectivity index (χ3v) is 4.05. The van der Waals surface area contributed by atoms with Crippen molar-refractivity contribution in [1.29, 1.82) is 0 Å². The van der Waals surface area contributed by atoms with Gasteiger partial charge in [-0.2, -0.15) is 0 Å². The van der Waals surface area contributed by atoms with Gasteiger partial charge in [-0.05, 0) is 19.3 Å². The molecule has 0 aliphatic carbocycles. The first kappa shape index (κ1) is 22.8. The number of rotatable bonds is 18. The number of nitrogens with one attached hydrogen (secondary N) is 1. The van der Waals surface area contributed by atoms with Gasteiger partial charge in [-0.25, -0.2) is 0 Å². The van der Waals surface area contributed by atoms with Gasteiger partial charge in [-0.1, -0.05) is 51.9 Å². The van der Waals surface area contributed by atoms with E-state index in [2.05, 4.69) is 12.2 Å². The van der Waals surface area contributed by atoms with Crippen LogP contribution in [0.15, 0.2) is 0 Å². The Kier molecular flexibility index (Phi) is 18.0. The Morgan fingerprint density at radius 2 is 1.43 bits per heavy atom. The number of ether oxygens (including phenoxy) is 1. The molecule has 5 heteroatoms. The van der Waals surface area contributed by atoms with Gasteiger partial charge in [-0.3, -0.25) is 0 Å². The Labute approximate surface area is 142 Å². The summed E-state index contributed by atoms with van der Waals surface area (Å²) in [5, 5.41) is 30.9. The molecule has 4 N–H and O–H groups in total. The molecule has 0 amide bonds. The van der Waals surface area contributed by atoms with Crippen molar-refractivity contribution in [3.05, 3.63) is 0 Å². The van der Waals surface area contributed by atoms with Crippen LogP contribution in [0.2, 0.25) is 0 Å². The molecule has 0 rings (SSSR count). The maximum Gasteiger partial charge on any atom is 0.0897 e. The molecule has 0 saturated carbocycles. The molecule has 0 fully saturated rings. The summed E-state index contributed by atoms with van der Waals surface area (Å²) in [5.41, 5.74) is 0. The van der Waals surface area contributed by atoms with E-state index in [0.717, 1.165) is 6.42 Å². The normalized spacial score (nSPS) is 12.9. The zero-order valence-electron chi connectivity index (χ0n) is 15.0.